The van der Waals surface area contributed by atoms with Crippen LogP contribution in [0.3, 0.4) is 0 Å². The number of fused-ring (bicyclic) bond motifs is 2. The number of aliphatic carboxylic acids is 2. The minimum atomic E-state index is -1.23. The van der Waals surface area contributed by atoms with E-state index in [1.165, 1.54) is 27.8 Å². The summed E-state index contributed by atoms with van der Waals surface area (Å²) in [7, 11) is 0. The fourth-order valence-electron chi connectivity index (χ4n) is 5.26. The number of aromatic nitrogens is 1. The number of carboxylic acids is 2. The van der Waals surface area contributed by atoms with E-state index in [1.54, 1.807) is 23.5 Å². The zero-order valence-corrected chi connectivity index (χ0v) is 22.2. The zero-order chi connectivity index (χ0) is 27.4. The Morgan fingerprint density at radius 1 is 1.05 bits per heavy atom. The number of thiophene rings is 1. The zero-order valence-electron chi connectivity index (χ0n) is 21.4. The number of piperazine rings is 1. The molecule has 4 aromatic rings. The second-order valence-corrected chi connectivity index (χ2v) is 10.7. The maximum absolute atomic E-state index is 12.6. The Hall–Kier alpha value is -3.73. The summed E-state index contributed by atoms with van der Waals surface area (Å²) in [5.74, 6) is -3.24. The van der Waals surface area contributed by atoms with Gasteiger partial charge < -0.3 is 25.3 Å². The summed E-state index contributed by atoms with van der Waals surface area (Å²) in [6.07, 6.45) is 1.80. The Morgan fingerprint density at radius 3 is 2.64 bits per heavy atom. The Labute approximate surface area is 229 Å². The highest BCUT2D eigenvalue weighted by Crippen LogP contribution is 2.30. The van der Waals surface area contributed by atoms with Gasteiger partial charge in [0.1, 0.15) is 5.75 Å². The van der Waals surface area contributed by atoms with Crippen molar-refractivity contribution in [1.82, 2.24) is 15.2 Å². The fourth-order valence-corrected chi connectivity index (χ4v) is 6.09. The van der Waals surface area contributed by atoms with Crippen LogP contribution in [0, 0.1) is 0 Å². The van der Waals surface area contributed by atoms with Crippen molar-refractivity contribution >= 4 is 44.3 Å². The lowest BCUT2D eigenvalue weighted by Crippen LogP contribution is -2.50. The Morgan fingerprint density at radius 2 is 1.87 bits per heavy atom. The molecule has 2 atom stereocenters. The molecule has 5 rings (SSSR count). The van der Waals surface area contributed by atoms with E-state index in [2.05, 4.69) is 44.8 Å². The molecule has 0 spiro atoms. The van der Waals surface area contributed by atoms with Gasteiger partial charge in [-0.25, -0.2) is 0 Å². The average Bonchev–Trinajstić information content (AvgIpc) is 3.41. The van der Waals surface area contributed by atoms with Crippen molar-refractivity contribution < 1.29 is 24.5 Å². The second-order valence-electron chi connectivity index (χ2n) is 9.79. The van der Waals surface area contributed by atoms with Gasteiger partial charge in [0.2, 0.25) is 0 Å². The summed E-state index contributed by atoms with van der Waals surface area (Å²) in [6, 6.07) is 14.8. The molecule has 1 fully saturated rings. The largest absolute Gasteiger partial charge is 0.481 e. The van der Waals surface area contributed by atoms with E-state index in [-0.39, 0.29) is 11.8 Å². The van der Waals surface area contributed by atoms with E-state index in [1.807, 2.05) is 0 Å². The van der Waals surface area contributed by atoms with Crippen molar-refractivity contribution in [3.05, 3.63) is 75.4 Å². The predicted molar refractivity (Wildman–Crippen MR) is 151 cm³/mol. The van der Waals surface area contributed by atoms with Gasteiger partial charge in [-0.15, -0.1) is 11.3 Å². The van der Waals surface area contributed by atoms with Gasteiger partial charge in [-0.1, -0.05) is 18.2 Å². The van der Waals surface area contributed by atoms with Gasteiger partial charge in [-0.3, -0.25) is 19.3 Å². The molecule has 2 unspecified atom stereocenters. The Kier molecular flexibility index (Phi) is 8.25. The smallest absolute Gasteiger partial charge is 0.311 e. The first kappa shape index (κ1) is 26.9. The van der Waals surface area contributed by atoms with Gasteiger partial charge in [0.25, 0.3) is 5.56 Å². The van der Waals surface area contributed by atoms with Crippen LogP contribution in [0.1, 0.15) is 36.3 Å². The number of hydrogen-bond acceptors (Lipinski definition) is 7. The minimum absolute atomic E-state index is 0.239. The number of nitrogens with zero attached hydrogens (tertiary/aromatic N) is 1. The lowest BCUT2D eigenvalue weighted by atomic mass is 9.94. The van der Waals surface area contributed by atoms with Crippen molar-refractivity contribution in [3.8, 4) is 5.75 Å². The lowest BCUT2D eigenvalue weighted by Gasteiger charge is -2.35. The van der Waals surface area contributed by atoms with Gasteiger partial charge >= 0.3 is 11.9 Å². The van der Waals surface area contributed by atoms with Crippen LogP contribution in [-0.4, -0.2) is 64.4 Å². The van der Waals surface area contributed by atoms with Gasteiger partial charge in [0.05, 0.1) is 17.9 Å². The van der Waals surface area contributed by atoms with Crippen molar-refractivity contribution in [3.63, 3.8) is 0 Å². The number of carboxylic acid groups (broad SMARTS) is 2. The highest BCUT2D eigenvalue weighted by molar-refractivity contribution is 7.17. The third kappa shape index (κ3) is 6.30. The second kappa shape index (κ2) is 12.0. The van der Waals surface area contributed by atoms with Crippen LogP contribution in [0.15, 0.2) is 58.7 Å². The molecule has 2 aromatic carbocycles. The number of carbonyl (C=O) groups is 2. The van der Waals surface area contributed by atoms with Crippen molar-refractivity contribution in [2.75, 3.05) is 26.2 Å². The van der Waals surface area contributed by atoms with E-state index in [9.17, 15) is 19.5 Å². The number of benzene rings is 2. The first-order valence-electron chi connectivity index (χ1n) is 13.1. The number of ether oxygens (including phenoxy) is 1. The van der Waals surface area contributed by atoms with E-state index in [0.29, 0.717) is 22.2 Å². The molecule has 1 aliphatic rings. The number of rotatable bonds is 11. The van der Waals surface area contributed by atoms with Crippen LogP contribution < -0.4 is 15.6 Å². The number of nitrogens with one attached hydrogen (secondary N) is 2. The van der Waals surface area contributed by atoms with E-state index in [4.69, 9.17) is 9.84 Å². The van der Waals surface area contributed by atoms with Crippen LogP contribution in [0.2, 0.25) is 0 Å². The van der Waals surface area contributed by atoms with Crippen molar-refractivity contribution in [2.24, 2.45) is 0 Å². The predicted octanol–water partition coefficient (Wildman–Crippen LogP) is 4.02. The number of aryl methyl sites for hydroxylation is 1. The molecule has 1 aliphatic heterocycles. The first-order valence-corrected chi connectivity index (χ1v) is 13.9. The first-order chi connectivity index (χ1) is 18.9. The summed E-state index contributed by atoms with van der Waals surface area (Å²) in [5.41, 5.74) is 1.67. The van der Waals surface area contributed by atoms with E-state index < -0.39 is 24.3 Å². The number of hydrogen-bond donors (Lipinski definition) is 4. The topological polar surface area (TPSA) is 132 Å². The molecular formula is C29H31N3O6S. The molecule has 0 saturated carbocycles. The Bertz CT molecular complexity index is 1540. The standard InChI is InChI=1S/C29H31N3O6S/c33-26-17-24(21-8-7-19(15-23(21)31-26)22(29(36)37)16-28(34)35)38-27(32-12-10-30-11-13-32)6-2-4-18-3-1-5-25-20(18)9-14-39-25/h1,3,5,7-9,14-15,17,22,27,30H,2,4,6,10-13,16H2,(H,31,33)(H,34,35)(H,36,37). The molecule has 3 heterocycles. The molecule has 2 aromatic heterocycles. The molecule has 0 aliphatic carbocycles. The molecule has 9 nitrogen and oxygen atoms in total. The third-order valence-corrected chi connectivity index (χ3v) is 8.10. The summed E-state index contributed by atoms with van der Waals surface area (Å²) < 4.78 is 7.82. The molecule has 1 saturated heterocycles. The SMILES string of the molecule is O=C(O)CC(C(=O)O)c1ccc2c(OC(CCCc3cccc4sccc34)N3CCNCC3)cc(=O)[nH]c2c1. The quantitative estimate of drug-likeness (QED) is 0.221. The van der Waals surface area contributed by atoms with Crippen molar-refractivity contribution in [1.29, 1.82) is 0 Å². The van der Waals surface area contributed by atoms with Gasteiger partial charge in [-0.05, 0) is 65.4 Å². The van der Waals surface area contributed by atoms with E-state index >= 15 is 0 Å². The molecule has 0 bridgehead atoms. The normalized spacial score (nSPS) is 15.8. The van der Waals surface area contributed by atoms with Crippen LogP contribution in [-0.2, 0) is 16.0 Å². The monoisotopic (exact) mass is 549 g/mol. The van der Waals surface area contributed by atoms with Crippen LogP contribution in [0.5, 0.6) is 5.75 Å². The number of aromatic amines is 1. The number of H-pyrrole nitrogens is 1. The summed E-state index contributed by atoms with van der Waals surface area (Å²) in [6.45, 7) is 3.36. The van der Waals surface area contributed by atoms with Crippen LogP contribution in [0.25, 0.3) is 21.0 Å². The molecule has 204 valence electrons. The highest BCUT2D eigenvalue weighted by atomic mass is 32.1. The van der Waals surface area contributed by atoms with Gasteiger partial charge in [0.15, 0.2) is 6.23 Å². The summed E-state index contributed by atoms with van der Waals surface area (Å²) >= 11 is 1.74. The average molecular weight is 550 g/mol. The van der Waals surface area contributed by atoms with Crippen LogP contribution in [0.4, 0.5) is 0 Å². The Balaban J connectivity index is 1.40. The maximum atomic E-state index is 12.6. The van der Waals surface area contributed by atoms with E-state index in [0.717, 1.165) is 45.4 Å². The third-order valence-electron chi connectivity index (χ3n) is 7.21. The molecule has 4 N–H and O–H groups in total. The molecule has 0 amide bonds. The molecule has 39 heavy (non-hydrogen) atoms. The minimum Gasteiger partial charge on any atom is -0.481 e. The summed E-state index contributed by atoms with van der Waals surface area (Å²) in [4.78, 5) is 40.5. The lowest BCUT2D eigenvalue weighted by molar-refractivity contribution is -0.145. The van der Waals surface area contributed by atoms with Gasteiger partial charge in [0, 0.05) is 42.3 Å². The van der Waals surface area contributed by atoms with Gasteiger partial charge in [-0.2, -0.15) is 0 Å². The maximum Gasteiger partial charge on any atom is 0.311 e. The molecule has 10 heteroatoms. The van der Waals surface area contributed by atoms with Crippen molar-refractivity contribution in [2.45, 2.75) is 37.8 Å². The number of pyridine rings is 1. The summed E-state index contributed by atoms with van der Waals surface area (Å²) in [5, 5.41) is 26.1. The highest BCUT2D eigenvalue weighted by Gasteiger charge is 2.25. The molecular weight excluding hydrogens is 518 g/mol. The fraction of sp³-hybridized carbons (Fsp3) is 0.345. The van der Waals surface area contributed by atoms with Crippen LogP contribution >= 0.6 is 11.3 Å². The molecule has 0 radical (unpaired) electrons.